The molecule has 0 radical (unpaired) electrons. The highest BCUT2D eigenvalue weighted by Gasteiger charge is 2.36. The van der Waals surface area contributed by atoms with E-state index in [0.29, 0.717) is 22.0 Å². The second-order valence-electron chi connectivity index (χ2n) is 7.57. The average Bonchev–Trinajstić information content (AvgIpc) is 3.37. The third-order valence-corrected chi connectivity index (χ3v) is 5.93. The van der Waals surface area contributed by atoms with Gasteiger partial charge in [0.25, 0.3) is 6.43 Å². The van der Waals surface area contributed by atoms with Crippen LogP contribution in [0.5, 0.6) is 0 Å². The van der Waals surface area contributed by atoms with Crippen molar-refractivity contribution in [1.29, 1.82) is 0 Å². The van der Waals surface area contributed by atoms with E-state index in [4.69, 9.17) is 12.2 Å². The predicted molar refractivity (Wildman–Crippen MR) is 117 cm³/mol. The fourth-order valence-electron chi connectivity index (χ4n) is 4.12. The van der Waals surface area contributed by atoms with Gasteiger partial charge in [-0.1, -0.05) is 48.5 Å². The van der Waals surface area contributed by atoms with Crippen LogP contribution in [0.1, 0.15) is 29.6 Å². The van der Waals surface area contributed by atoms with Crippen molar-refractivity contribution in [3.8, 4) is 17.1 Å². The number of nitrogens with one attached hydrogen (secondary N) is 2. The molecular weight excluding hydrogens is 418 g/mol. The zero-order valence-corrected chi connectivity index (χ0v) is 17.5. The van der Waals surface area contributed by atoms with E-state index in [-0.39, 0.29) is 12.5 Å². The van der Waals surface area contributed by atoms with Crippen LogP contribution in [0.15, 0.2) is 60.8 Å². The lowest BCUT2D eigenvalue weighted by Crippen LogP contribution is -2.31. The Hall–Kier alpha value is -3.33. The lowest BCUT2D eigenvalue weighted by atomic mass is 9.97. The Labute approximate surface area is 182 Å². The summed E-state index contributed by atoms with van der Waals surface area (Å²) in [7, 11) is 0. The number of halogens is 2. The lowest BCUT2D eigenvalue weighted by Gasteiger charge is -2.32. The zero-order valence-electron chi connectivity index (χ0n) is 16.7. The molecule has 5 rings (SSSR count). The Morgan fingerprint density at radius 1 is 1.10 bits per heavy atom. The Balaban J connectivity index is 1.65. The van der Waals surface area contributed by atoms with Crippen LogP contribution >= 0.6 is 12.2 Å². The molecule has 0 bridgehead atoms. The number of rotatable bonds is 4. The van der Waals surface area contributed by atoms with Crippen LogP contribution in [-0.2, 0) is 0 Å². The molecule has 0 amide bonds. The first-order chi connectivity index (χ1) is 15.0. The maximum Gasteiger partial charge on any atom is 0.260 e. The number of aromatic amines is 1. The number of alkyl halides is 2. The summed E-state index contributed by atoms with van der Waals surface area (Å²) in [6.07, 6.45) is -0.734. The molecule has 158 valence electrons. The summed E-state index contributed by atoms with van der Waals surface area (Å²) in [6.45, 7) is 1.98. The Morgan fingerprint density at radius 3 is 2.58 bits per heavy atom. The number of fused-ring (bicyclic) bond motifs is 1. The number of aromatic nitrogens is 5. The summed E-state index contributed by atoms with van der Waals surface area (Å²) in [4.78, 5) is 0. The van der Waals surface area contributed by atoms with Crippen molar-refractivity contribution in [2.45, 2.75) is 31.9 Å². The molecular formula is C22H20F2N6S. The number of hydrogen-bond donors (Lipinski definition) is 2. The minimum absolute atomic E-state index is 0.237. The van der Waals surface area contributed by atoms with E-state index >= 15 is 0 Å². The Bertz CT molecular complexity index is 1280. The topological polar surface area (TPSA) is 63.5 Å². The molecule has 0 unspecified atom stereocenters. The van der Waals surface area contributed by atoms with Crippen LogP contribution < -0.4 is 5.32 Å². The van der Waals surface area contributed by atoms with Crippen LogP contribution in [0.4, 0.5) is 14.6 Å². The first kappa shape index (κ1) is 19.6. The number of benzene rings is 2. The molecule has 0 spiro atoms. The molecule has 1 aliphatic heterocycles. The van der Waals surface area contributed by atoms with E-state index in [1.807, 2.05) is 66.1 Å². The van der Waals surface area contributed by atoms with Gasteiger partial charge in [0.15, 0.2) is 10.6 Å². The minimum atomic E-state index is -2.54. The molecule has 0 aliphatic carbocycles. The molecule has 3 heterocycles. The molecule has 0 saturated carbocycles. The fraction of sp³-hybridized carbons (Fsp3) is 0.227. The molecule has 0 saturated heterocycles. The number of anilines is 1. The largest absolute Gasteiger partial charge is 0.363 e. The van der Waals surface area contributed by atoms with Crippen LogP contribution in [0.25, 0.3) is 17.1 Å². The third kappa shape index (κ3) is 3.34. The lowest BCUT2D eigenvalue weighted by molar-refractivity contribution is 0.0659. The maximum absolute atomic E-state index is 14.0. The second-order valence-corrected chi connectivity index (χ2v) is 7.96. The molecule has 2 aromatic carbocycles. The summed E-state index contributed by atoms with van der Waals surface area (Å²) in [5, 5.41) is 15.0. The number of aryl methyl sites for hydroxylation is 1. The van der Waals surface area contributed by atoms with Gasteiger partial charge in [-0.05, 0) is 42.8 Å². The van der Waals surface area contributed by atoms with Gasteiger partial charge in [-0.2, -0.15) is 10.2 Å². The van der Waals surface area contributed by atoms with Gasteiger partial charge in [0.05, 0.1) is 23.5 Å². The standard InChI is InChI=1S/C22H20F2N6S/c1-13-7-5-6-10-17(13)29-21(27-28-22(29)31)15-12-25-30-18(19(23)24)11-16(26-20(15)30)14-8-3-2-4-9-14/h2-10,12,16,18-19,26H,11H2,1H3,(H,28,31)/t16-,18-/m0/s1. The monoisotopic (exact) mass is 438 g/mol. The number of para-hydroxylation sites is 1. The molecule has 2 atom stereocenters. The molecule has 4 aromatic rings. The maximum atomic E-state index is 14.0. The first-order valence-electron chi connectivity index (χ1n) is 9.95. The fourth-order valence-corrected chi connectivity index (χ4v) is 4.35. The first-order valence-corrected chi connectivity index (χ1v) is 10.4. The van der Waals surface area contributed by atoms with Crippen molar-refractivity contribution in [1.82, 2.24) is 24.5 Å². The molecule has 2 aromatic heterocycles. The van der Waals surface area contributed by atoms with E-state index in [0.717, 1.165) is 16.8 Å². The van der Waals surface area contributed by atoms with Crippen LogP contribution in [0, 0.1) is 11.7 Å². The van der Waals surface area contributed by atoms with Gasteiger partial charge >= 0.3 is 0 Å². The third-order valence-electron chi connectivity index (χ3n) is 5.66. The predicted octanol–water partition coefficient (Wildman–Crippen LogP) is 5.46. The van der Waals surface area contributed by atoms with E-state index in [9.17, 15) is 8.78 Å². The number of hydrogen-bond acceptors (Lipinski definition) is 4. The Kier molecular flexibility index (Phi) is 4.90. The quantitative estimate of drug-likeness (QED) is 0.415. The smallest absolute Gasteiger partial charge is 0.260 e. The summed E-state index contributed by atoms with van der Waals surface area (Å²) in [6, 6.07) is 16.1. The number of nitrogens with zero attached hydrogens (tertiary/aromatic N) is 4. The van der Waals surface area contributed by atoms with Gasteiger partial charge in [0.1, 0.15) is 11.9 Å². The van der Waals surface area contributed by atoms with Gasteiger partial charge in [-0.3, -0.25) is 9.67 Å². The summed E-state index contributed by atoms with van der Waals surface area (Å²) in [5.41, 5.74) is 3.45. The second kappa shape index (κ2) is 7.73. The van der Waals surface area contributed by atoms with Crippen molar-refractivity contribution >= 4 is 18.0 Å². The minimum Gasteiger partial charge on any atom is -0.363 e. The van der Waals surface area contributed by atoms with Crippen molar-refractivity contribution in [3.05, 3.63) is 76.7 Å². The van der Waals surface area contributed by atoms with Gasteiger partial charge in [0, 0.05) is 0 Å². The average molecular weight is 439 g/mol. The van der Waals surface area contributed by atoms with Crippen molar-refractivity contribution < 1.29 is 8.78 Å². The molecule has 6 nitrogen and oxygen atoms in total. The van der Waals surface area contributed by atoms with Crippen LogP contribution in [0.3, 0.4) is 0 Å². The Morgan fingerprint density at radius 2 is 1.84 bits per heavy atom. The van der Waals surface area contributed by atoms with Gasteiger partial charge < -0.3 is 5.32 Å². The van der Waals surface area contributed by atoms with Crippen LogP contribution in [0.2, 0.25) is 0 Å². The SMILES string of the molecule is Cc1ccccc1-n1c(-c2cnn3c2N[C@H](c2ccccc2)C[C@H]3C(F)F)n[nH]c1=S. The van der Waals surface area contributed by atoms with Gasteiger partial charge in [-0.25, -0.2) is 13.5 Å². The van der Waals surface area contributed by atoms with Crippen LogP contribution in [-0.4, -0.2) is 31.0 Å². The van der Waals surface area contributed by atoms with Crippen molar-refractivity contribution in [2.24, 2.45) is 0 Å². The highest BCUT2D eigenvalue weighted by atomic mass is 32.1. The van der Waals surface area contributed by atoms with Gasteiger partial charge in [0.2, 0.25) is 0 Å². The molecule has 31 heavy (non-hydrogen) atoms. The van der Waals surface area contributed by atoms with E-state index in [1.54, 1.807) is 6.20 Å². The highest BCUT2D eigenvalue weighted by molar-refractivity contribution is 7.71. The summed E-state index contributed by atoms with van der Waals surface area (Å²) < 4.78 is 31.5. The molecule has 9 heteroatoms. The molecule has 2 N–H and O–H groups in total. The molecule has 0 fully saturated rings. The van der Waals surface area contributed by atoms with Crippen molar-refractivity contribution in [3.63, 3.8) is 0 Å². The van der Waals surface area contributed by atoms with Gasteiger partial charge in [-0.15, -0.1) is 0 Å². The zero-order chi connectivity index (χ0) is 21.5. The normalized spacial score (nSPS) is 18.1. The summed E-state index contributed by atoms with van der Waals surface area (Å²) in [5.74, 6) is 1.03. The summed E-state index contributed by atoms with van der Waals surface area (Å²) >= 11 is 5.48. The molecule has 1 aliphatic rings. The van der Waals surface area contributed by atoms with E-state index in [1.165, 1.54) is 4.68 Å². The van der Waals surface area contributed by atoms with Crippen molar-refractivity contribution in [2.75, 3.05) is 5.32 Å². The van der Waals surface area contributed by atoms with E-state index < -0.39 is 12.5 Å². The van der Waals surface area contributed by atoms with E-state index in [2.05, 4.69) is 20.6 Å². The highest BCUT2D eigenvalue weighted by Crippen LogP contribution is 2.42. The number of H-pyrrole nitrogens is 1.